The van der Waals surface area contributed by atoms with Crippen LogP contribution in [-0.2, 0) is 10.8 Å². The van der Waals surface area contributed by atoms with E-state index >= 15 is 8.78 Å². The van der Waals surface area contributed by atoms with Crippen LogP contribution in [-0.4, -0.2) is 0 Å². The highest BCUT2D eigenvalue weighted by Crippen LogP contribution is 2.53. The van der Waals surface area contributed by atoms with Gasteiger partial charge in [0.25, 0.3) is 0 Å². The first kappa shape index (κ1) is 51.9. The third kappa shape index (κ3) is 9.17. The lowest BCUT2D eigenvalue weighted by atomic mass is 9.86. The van der Waals surface area contributed by atoms with Gasteiger partial charge in [0.1, 0.15) is 11.6 Å². The van der Waals surface area contributed by atoms with E-state index in [1.807, 2.05) is 48.5 Å². The second-order valence-electron chi connectivity index (χ2n) is 23.8. The van der Waals surface area contributed by atoms with Crippen LogP contribution in [0.1, 0.15) is 74.9 Å². The van der Waals surface area contributed by atoms with E-state index in [4.69, 9.17) is 0 Å². The van der Waals surface area contributed by atoms with Gasteiger partial charge in [-0.1, -0.05) is 199 Å². The Morgan fingerprint density at radius 2 is 0.650 bits per heavy atom. The van der Waals surface area contributed by atoms with Gasteiger partial charge in [0.2, 0.25) is 0 Å². The third-order valence-electron chi connectivity index (χ3n) is 16.4. The zero-order valence-corrected chi connectivity index (χ0v) is 47.4. The lowest BCUT2D eigenvalue weighted by molar-refractivity contribution is 0.590. The Morgan fingerprint density at radius 3 is 1.00 bits per heavy atom. The van der Waals surface area contributed by atoms with Crippen molar-refractivity contribution in [3.05, 3.63) is 263 Å². The molecular weight excluding hydrogens is 979 g/mol. The molecule has 0 heterocycles. The molecule has 0 bridgehead atoms. The molecule has 0 unspecified atom stereocenters. The summed E-state index contributed by atoms with van der Waals surface area (Å²) in [6, 6.07) is 75.4. The largest absolute Gasteiger partial charge is 0.307 e. The van der Waals surface area contributed by atoms with Crippen molar-refractivity contribution in [3.8, 4) is 44.5 Å². The van der Waals surface area contributed by atoms with Crippen molar-refractivity contribution >= 4 is 66.4 Å². The van der Waals surface area contributed by atoms with E-state index in [0.717, 1.165) is 133 Å². The fourth-order valence-corrected chi connectivity index (χ4v) is 12.1. The van der Waals surface area contributed by atoms with Crippen LogP contribution in [0.2, 0.25) is 0 Å². The van der Waals surface area contributed by atoms with Gasteiger partial charge in [0, 0.05) is 33.3 Å². The minimum absolute atomic E-state index is 0.190. The van der Waals surface area contributed by atoms with E-state index in [1.54, 1.807) is 12.1 Å². The molecule has 0 saturated carbocycles. The molecular formula is C76H66F2N2. The van der Waals surface area contributed by atoms with Crippen LogP contribution in [0.3, 0.4) is 0 Å². The maximum atomic E-state index is 18.3. The highest BCUT2D eigenvalue weighted by Gasteiger charge is 2.30. The molecule has 4 heteroatoms. The summed E-state index contributed by atoms with van der Waals surface area (Å²) in [6.07, 6.45) is 0. The lowest BCUT2D eigenvalue weighted by Gasteiger charge is -2.33. The van der Waals surface area contributed by atoms with E-state index in [-0.39, 0.29) is 22.5 Å². The van der Waals surface area contributed by atoms with Gasteiger partial charge in [0.05, 0.1) is 22.7 Å². The number of hydrogen-bond donors (Lipinski definition) is 0. The molecule has 0 fully saturated rings. The lowest BCUT2D eigenvalue weighted by Crippen LogP contribution is -2.17. The molecule has 12 rings (SSSR count). The molecule has 0 spiro atoms. The molecule has 12 aromatic rings. The molecule has 0 N–H and O–H groups in total. The van der Waals surface area contributed by atoms with E-state index in [9.17, 15) is 0 Å². The van der Waals surface area contributed by atoms with Crippen LogP contribution < -0.4 is 9.80 Å². The maximum Gasteiger partial charge on any atom is 0.148 e. The highest BCUT2D eigenvalue weighted by molar-refractivity contribution is 6.28. The summed E-state index contributed by atoms with van der Waals surface area (Å²) in [7, 11) is 0. The number of benzene rings is 12. The molecule has 0 aromatic heterocycles. The van der Waals surface area contributed by atoms with Gasteiger partial charge in [-0.25, -0.2) is 8.78 Å². The number of halogens is 2. The number of anilines is 6. The van der Waals surface area contributed by atoms with Crippen molar-refractivity contribution in [3.63, 3.8) is 0 Å². The first-order valence-electron chi connectivity index (χ1n) is 27.9. The fourth-order valence-electron chi connectivity index (χ4n) is 12.1. The zero-order valence-electron chi connectivity index (χ0n) is 47.4. The summed E-state index contributed by atoms with van der Waals surface area (Å²) in [6.45, 7) is 21.7. The predicted molar refractivity (Wildman–Crippen MR) is 338 cm³/mol. The number of hydrogen-bond acceptors (Lipinski definition) is 2. The summed E-state index contributed by atoms with van der Waals surface area (Å²) >= 11 is 0. The smallest absolute Gasteiger partial charge is 0.148 e. The summed E-state index contributed by atoms with van der Waals surface area (Å²) in [5.74, 6) is -0.655. The normalized spacial score (nSPS) is 12.0. The van der Waals surface area contributed by atoms with Crippen LogP contribution >= 0.6 is 0 Å². The van der Waals surface area contributed by atoms with E-state index in [0.29, 0.717) is 11.4 Å². The molecule has 12 aromatic carbocycles. The van der Waals surface area contributed by atoms with E-state index in [2.05, 4.69) is 237 Å². The zero-order chi connectivity index (χ0) is 55.8. The minimum atomic E-state index is -0.328. The summed E-state index contributed by atoms with van der Waals surface area (Å²) in [5, 5.41) is 6.12. The Hall–Kier alpha value is -8.86. The van der Waals surface area contributed by atoms with Crippen LogP contribution in [0.5, 0.6) is 0 Å². The first-order valence-corrected chi connectivity index (χ1v) is 27.9. The van der Waals surface area contributed by atoms with Crippen molar-refractivity contribution in [2.24, 2.45) is 0 Å². The van der Waals surface area contributed by atoms with Crippen molar-refractivity contribution in [1.82, 2.24) is 0 Å². The second kappa shape index (κ2) is 20.1. The average Bonchev–Trinajstić information content (AvgIpc) is 2.80. The van der Waals surface area contributed by atoms with Gasteiger partial charge >= 0.3 is 0 Å². The molecule has 0 saturated heterocycles. The molecule has 80 heavy (non-hydrogen) atoms. The van der Waals surface area contributed by atoms with Crippen LogP contribution in [0, 0.1) is 39.3 Å². The standard InChI is InChI=1S/C76H66F2N2/c1-47-21-11-15-29-59(47)53-41-65(61-31-17-13-23-49(61)3)73(67(77)43-53)79(57-27-19-25-55(45-57)75(5,6)7)69-39-35-51-34-38-64-70(40-36-52-33-37-63(69)71(51)72(52)64)80(58-28-20-26-56(46-58)76(8,9)10)74-66(62-32-18-14-24-50(62)4)42-54(44-68(74)78)60-30-16-12-22-48(60)2/h11-46H,1-10H3. The first-order chi connectivity index (χ1) is 38.4. The van der Waals surface area contributed by atoms with Gasteiger partial charge in [-0.05, 0) is 187 Å². The third-order valence-corrected chi connectivity index (χ3v) is 16.4. The fraction of sp³-hybridized carbons (Fsp3) is 0.158. The molecule has 394 valence electrons. The van der Waals surface area contributed by atoms with Gasteiger partial charge < -0.3 is 9.80 Å². The van der Waals surface area contributed by atoms with Crippen molar-refractivity contribution in [2.75, 3.05) is 9.80 Å². The summed E-state index contributed by atoms with van der Waals surface area (Å²) in [5.41, 5.74) is 17.6. The topological polar surface area (TPSA) is 6.48 Å². The average molecular weight is 1050 g/mol. The number of nitrogens with zero attached hydrogens (tertiary/aromatic N) is 2. The molecule has 0 aliphatic heterocycles. The Labute approximate surface area is 470 Å². The SMILES string of the molecule is Cc1ccccc1-c1cc(F)c(N(c2cccc(C(C)(C)C)c2)c2ccc3ccc4c(N(c5cccc(C(C)(C)C)c5)c5c(F)cc(-c6ccccc6C)cc5-c5ccccc5C)ccc5ccc2c3c54)c(-c2ccccc2C)c1. The van der Waals surface area contributed by atoms with Crippen LogP contribution in [0.25, 0.3) is 76.8 Å². The minimum Gasteiger partial charge on any atom is -0.307 e. The van der Waals surface area contributed by atoms with Gasteiger partial charge in [0.15, 0.2) is 0 Å². The Kier molecular flexibility index (Phi) is 13.0. The van der Waals surface area contributed by atoms with Crippen molar-refractivity contribution in [1.29, 1.82) is 0 Å². The molecule has 0 radical (unpaired) electrons. The predicted octanol–water partition coefficient (Wildman–Crippen LogP) is 22.3. The molecule has 2 nitrogen and oxygen atoms in total. The maximum absolute atomic E-state index is 18.3. The highest BCUT2D eigenvalue weighted by atomic mass is 19.1. The van der Waals surface area contributed by atoms with Gasteiger partial charge in [-0.2, -0.15) is 0 Å². The van der Waals surface area contributed by atoms with Crippen molar-refractivity contribution in [2.45, 2.75) is 80.1 Å². The Morgan fingerprint density at radius 1 is 0.312 bits per heavy atom. The molecule has 0 aliphatic carbocycles. The summed E-state index contributed by atoms with van der Waals surface area (Å²) < 4.78 is 36.7. The molecule has 0 amide bonds. The van der Waals surface area contributed by atoms with Gasteiger partial charge in [-0.15, -0.1) is 0 Å². The molecule has 0 aliphatic rings. The monoisotopic (exact) mass is 1040 g/mol. The summed E-state index contributed by atoms with van der Waals surface area (Å²) in [4.78, 5) is 4.32. The van der Waals surface area contributed by atoms with Gasteiger partial charge in [-0.3, -0.25) is 0 Å². The second-order valence-corrected chi connectivity index (χ2v) is 23.8. The van der Waals surface area contributed by atoms with Crippen LogP contribution in [0.15, 0.2) is 218 Å². The van der Waals surface area contributed by atoms with E-state index < -0.39 is 0 Å². The number of rotatable bonds is 10. The van der Waals surface area contributed by atoms with Crippen LogP contribution in [0.4, 0.5) is 42.9 Å². The molecule has 0 atom stereocenters. The van der Waals surface area contributed by atoms with E-state index in [1.165, 1.54) is 0 Å². The Balaban J connectivity index is 1.16. The van der Waals surface area contributed by atoms with Crippen molar-refractivity contribution < 1.29 is 8.78 Å². The number of aryl methyl sites for hydroxylation is 4. The Bertz CT molecular complexity index is 4080. The quantitative estimate of drug-likeness (QED) is 0.126.